The van der Waals surface area contributed by atoms with Crippen LogP contribution in [0.1, 0.15) is 82.4 Å². The zero-order chi connectivity index (χ0) is 25.5. The molecule has 1 N–H and O–H groups in total. The number of nitrogens with zero attached hydrogens (tertiary/aromatic N) is 2. The number of likely N-dealkylation sites (tertiary alicyclic amines) is 1. The van der Waals surface area contributed by atoms with E-state index in [1.165, 1.54) is 12.0 Å². The van der Waals surface area contributed by atoms with Crippen molar-refractivity contribution < 1.29 is 9.59 Å². The van der Waals surface area contributed by atoms with Crippen LogP contribution in [0, 0.1) is 5.92 Å². The van der Waals surface area contributed by atoms with Crippen molar-refractivity contribution in [1.82, 2.24) is 15.1 Å². The Kier molecular flexibility index (Phi) is 9.19. The van der Waals surface area contributed by atoms with Crippen LogP contribution in [0.15, 0.2) is 60.7 Å². The van der Waals surface area contributed by atoms with Crippen molar-refractivity contribution in [1.29, 1.82) is 0 Å². The van der Waals surface area contributed by atoms with Gasteiger partial charge in [-0.2, -0.15) is 0 Å². The molecule has 0 radical (unpaired) electrons. The number of amides is 2. The summed E-state index contributed by atoms with van der Waals surface area (Å²) in [5.74, 6) is 0.524. The molecule has 1 heterocycles. The van der Waals surface area contributed by atoms with E-state index >= 15 is 0 Å². The minimum absolute atomic E-state index is 0.0347. The summed E-state index contributed by atoms with van der Waals surface area (Å²) in [6.45, 7) is 9.12. The van der Waals surface area contributed by atoms with Crippen LogP contribution in [-0.2, 0) is 9.59 Å². The van der Waals surface area contributed by atoms with Gasteiger partial charge in [0.2, 0.25) is 11.8 Å². The van der Waals surface area contributed by atoms with Gasteiger partial charge in [-0.25, -0.2) is 0 Å². The fourth-order valence-corrected chi connectivity index (χ4v) is 5.78. The van der Waals surface area contributed by atoms with Gasteiger partial charge in [-0.3, -0.25) is 9.59 Å². The normalized spacial score (nSPS) is 19.6. The number of carbonyl (C=O) groups is 2. The van der Waals surface area contributed by atoms with E-state index in [9.17, 15) is 9.59 Å². The lowest BCUT2D eigenvalue weighted by Crippen LogP contribution is -2.50. The Labute approximate surface area is 217 Å². The van der Waals surface area contributed by atoms with E-state index in [1.54, 1.807) is 0 Å². The molecule has 1 aliphatic carbocycles. The number of hydrogen-bond acceptors (Lipinski definition) is 3. The third-order valence-electron chi connectivity index (χ3n) is 8.43. The maximum atomic E-state index is 13.4. The molecule has 1 saturated carbocycles. The van der Waals surface area contributed by atoms with E-state index in [-0.39, 0.29) is 29.7 Å². The average molecular weight is 490 g/mol. The summed E-state index contributed by atoms with van der Waals surface area (Å²) in [7, 11) is 0. The van der Waals surface area contributed by atoms with Crippen LogP contribution < -0.4 is 5.32 Å². The summed E-state index contributed by atoms with van der Waals surface area (Å²) in [4.78, 5) is 30.8. The fourth-order valence-electron chi connectivity index (χ4n) is 5.78. The fraction of sp³-hybridized carbons (Fsp3) is 0.548. The molecule has 0 aromatic heterocycles. The van der Waals surface area contributed by atoms with Gasteiger partial charge in [-0.1, -0.05) is 67.1 Å². The monoisotopic (exact) mass is 489 g/mol. The van der Waals surface area contributed by atoms with Gasteiger partial charge in [-0.05, 0) is 64.0 Å². The van der Waals surface area contributed by atoms with Crippen molar-refractivity contribution >= 4 is 11.8 Å². The van der Waals surface area contributed by atoms with Gasteiger partial charge in [-0.15, -0.1) is 0 Å². The molecule has 4 rings (SSSR count). The maximum Gasteiger partial charge on any atom is 0.230 e. The SMILES string of the molecule is CCN(C(=O)C(C)c1ccccc1)C1CCN(C(C)C[C@H](NC(=O)C2CCC2)c2ccccc2)CC1. The molecule has 2 aliphatic rings. The molecule has 36 heavy (non-hydrogen) atoms. The van der Waals surface area contributed by atoms with E-state index in [1.807, 2.05) is 43.3 Å². The molecule has 2 aromatic rings. The van der Waals surface area contributed by atoms with Gasteiger partial charge in [0.25, 0.3) is 0 Å². The zero-order valence-corrected chi connectivity index (χ0v) is 22.2. The minimum Gasteiger partial charge on any atom is -0.349 e. The maximum absolute atomic E-state index is 13.4. The van der Waals surface area contributed by atoms with E-state index in [0.29, 0.717) is 12.1 Å². The number of likely N-dealkylation sites (N-methyl/N-ethyl adjacent to an activating group) is 1. The van der Waals surface area contributed by atoms with E-state index < -0.39 is 0 Å². The summed E-state index contributed by atoms with van der Waals surface area (Å²) in [6, 6.07) is 21.2. The Morgan fingerprint density at radius 3 is 2.03 bits per heavy atom. The van der Waals surface area contributed by atoms with Crippen LogP contribution in [0.5, 0.6) is 0 Å². The van der Waals surface area contributed by atoms with Crippen LogP contribution >= 0.6 is 0 Å². The summed E-state index contributed by atoms with van der Waals surface area (Å²) in [5, 5.41) is 3.37. The predicted octanol–water partition coefficient (Wildman–Crippen LogP) is 5.54. The van der Waals surface area contributed by atoms with Crippen LogP contribution in [0.3, 0.4) is 0 Å². The molecule has 2 aromatic carbocycles. The average Bonchev–Trinajstić information content (AvgIpc) is 2.88. The molecule has 194 valence electrons. The van der Waals surface area contributed by atoms with Gasteiger partial charge >= 0.3 is 0 Å². The lowest BCUT2D eigenvalue weighted by atomic mass is 9.84. The largest absolute Gasteiger partial charge is 0.349 e. The summed E-state index contributed by atoms with van der Waals surface area (Å²) >= 11 is 0. The second-order valence-corrected chi connectivity index (χ2v) is 10.7. The number of hydrogen-bond donors (Lipinski definition) is 1. The van der Waals surface area contributed by atoms with Crippen molar-refractivity contribution in [2.24, 2.45) is 5.92 Å². The molecule has 1 saturated heterocycles. The Balaban J connectivity index is 1.34. The Morgan fingerprint density at radius 1 is 0.917 bits per heavy atom. The summed E-state index contributed by atoms with van der Waals surface area (Å²) < 4.78 is 0. The van der Waals surface area contributed by atoms with Crippen molar-refractivity contribution in [3.8, 4) is 0 Å². The third kappa shape index (κ3) is 6.36. The van der Waals surface area contributed by atoms with E-state index in [4.69, 9.17) is 0 Å². The van der Waals surface area contributed by atoms with Gasteiger partial charge in [0, 0.05) is 37.6 Å². The standard InChI is InChI=1S/C31H43N3O2/c1-4-34(31(36)24(3)25-12-7-5-8-13-25)28-18-20-33(21-19-28)23(2)22-29(26-14-9-6-10-15-26)32-30(35)27-16-11-17-27/h5-10,12-15,23-24,27-29H,4,11,16-22H2,1-3H3,(H,32,35)/t23?,24?,29-/m0/s1. The van der Waals surface area contributed by atoms with Crippen molar-refractivity contribution in [2.45, 2.75) is 83.3 Å². The van der Waals surface area contributed by atoms with Crippen LogP contribution in [0.2, 0.25) is 0 Å². The van der Waals surface area contributed by atoms with E-state index in [0.717, 1.165) is 57.3 Å². The highest BCUT2D eigenvalue weighted by Gasteiger charge is 2.33. The van der Waals surface area contributed by atoms with Gasteiger partial charge < -0.3 is 15.1 Å². The molecule has 2 unspecified atom stereocenters. The lowest BCUT2D eigenvalue weighted by molar-refractivity contribution is -0.135. The molecule has 1 aliphatic heterocycles. The Hall–Kier alpha value is -2.66. The lowest BCUT2D eigenvalue weighted by Gasteiger charge is -2.42. The molecule has 2 fully saturated rings. The van der Waals surface area contributed by atoms with Crippen molar-refractivity contribution in [2.75, 3.05) is 19.6 Å². The number of piperidine rings is 1. The first-order chi connectivity index (χ1) is 17.5. The second kappa shape index (κ2) is 12.5. The number of nitrogens with one attached hydrogen (secondary N) is 1. The molecule has 0 spiro atoms. The summed E-state index contributed by atoms with van der Waals surface area (Å²) in [5.41, 5.74) is 2.27. The Bertz CT molecular complexity index is 968. The highest BCUT2D eigenvalue weighted by atomic mass is 16.2. The van der Waals surface area contributed by atoms with E-state index in [2.05, 4.69) is 53.2 Å². The van der Waals surface area contributed by atoms with Crippen LogP contribution in [0.4, 0.5) is 0 Å². The number of benzene rings is 2. The first-order valence-electron chi connectivity index (χ1n) is 13.9. The van der Waals surface area contributed by atoms with Crippen LogP contribution in [0.25, 0.3) is 0 Å². The van der Waals surface area contributed by atoms with Gasteiger partial charge in [0.05, 0.1) is 12.0 Å². The summed E-state index contributed by atoms with van der Waals surface area (Å²) in [6.07, 6.45) is 6.10. The first-order valence-corrected chi connectivity index (χ1v) is 13.9. The minimum atomic E-state index is -0.117. The number of rotatable bonds is 10. The molecule has 0 bridgehead atoms. The molecule has 5 heteroatoms. The number of carbonyl (C=O) groups excluding carboxylic acids is 2. The molecule has 3 atom stereocenters. The third-order valence-corrected chi connectivity index (χ3v) is 8.43. The zero-order valence-electron chi connectivity index (χ0n) is 22.2. The highest BCUT2D eigenvalue weighted by molar-refractivity contribution is 5.83. The highest BCUT2D eigenvalue weighted by Crippen LogP contribution is 2.30. The first kappa shape index (κ1) is 26.4. The smallest absolute Gasteiger partial charge is 0.230 e. The second-order valence-electron chi connectivity index (χ2n) is 10.7. The molecule has 5 nitrogen and oxygen atoms in total. The molecular weight excluding hydrogens is 446 g/mol. The van der Waals surface area contributed by atoms with Crippen molar-refractivity contribution in [3.05, 3.63) is 71.8 Å². The van der Waals surface area contributed by atoms with Crippen LogP contribution in [-0.4, -0.2) is 53.3 Å². The Morgan fingerprint density at radius 2 is 1.50 bits per heavy atom. The van der Waals surface area contributed by atoms with Crippen molar-refractivity contribution in [3.63, 3.8) is 0 Å². The molecular formula is C31H43N3O2. The topological polar surface area (TPSA) is 52.7 Å². The molecule has 2 amide bonds. The predicted molar refractivity (Wildman–Crippen MR) is 146 cm³/mol. The quantitative estimate of drug-likeness (QED) is 0.477. The van der Waals surface area contributed by atoms with Gasteiger partial charge in [0.1, 0.15) is 0 Å². The van der Waals surface area contributed by atoms with Gasteiger partial charge in [0.15, 0.2) is 0 Å².